The van der Waals surface area contributed by atoms with Crippen LogP contribution in [0.2, 0.25) is 0 Å². The molecular weight excluding hydrogens is 335 g/mol. The van der Waals surface area contributed by atoms with Gasteiger partial charge in [-0.1, -0.05) is 30.3 Å². The zero-order valence-electron chi connectivity index (χ0n) is 13.9. The predicted octanol–water partition coefficient (Wildman–Crippen LogP) is 4.95. The van der Waals surface area contributed by atoms with Crippen LogP contribution in [0.15, 0.2) is 71.2 Å². The van der Waals surface area contributed by atoms with Crippen molar-refractivity contribution in [1.29, 1.82) is 0 Å². The van der Waals surface area contributed by atoms with Crippen LogP contribution in [0.25, 0.3) is 6.08 Å². The van der Waals surface area contributed by atoms with Crippen LogP contribution in [0, 0.1) is 5.82 Å². The van der Waals surface area contributed by atoms with Crippen molar-refractivity contribution in [2.45, 2.75) is 13.0 Å². The topological polar surface area (TPSA) is 59.7 Å². The van der Waals surface area contributed by atoms with E-state index in [9.17, 15) is 9.18 Å². The van der Waals surface area contributed by atoms with Gasteiger partial charge in [-0.25, -0.2) is 9.18 Å². The van der Waals surface area contributed by atoms with Crippen molar-refractivity contribution in [1.82, 2.24) is 0 Å². The fraction of sp³-hybridized carbons (Fsp3) is 0.0952. The number of furan rings is 1. The van der Waals surface area contributed by atoms with Gasteiger partial charge in [0, 0.05) is 0 Å². The van der Waals surface area contributed by atoms with Gasteiger partial charge in [0.1, 0.15) is 23.9 Å². The Hall–Kier alpha value is -3.34. The van der Waals surface area contributed by atoms with Crippen LogP contribution in [0.3, 0.4) is 0 Å². The van der Waals surface area contributed by atoms with Crippen LogP contribution >= 0.6 is 0 Å². The monoisotopic (exact) mass is 352 g/mol. The molecule has 1 heterocycles. The number of rotatable bonds is 7. The van der Waals surface area contributed by atoms with Gasteiger partial charge in [0.2, 0.25) is 5.76 Å². The Morgan fingerprint density at radius 3 is 2.62 bits per heavy atom. The Balaban J connectivity index is 1.57. The first kappa shape index (κ1) is 17.5. The lowest BCUT2D eigenvalue weighted by molar-refractivity contribution is 0.0662. The summed E-state index contributed by atoms with van der Waals surface area (Å²) in [5, 5.41) is 8.83. The third kappa shape index (κ3) is 4.83. The van der Waals surface area contributed by atoms with Crippen molar-refractivity contribution in [3.63, 3.8) is 0 Å². The first-order valence-corrected chi connectivity index (χ1v) is 8.06. The fourth-order valence-corrected chi connectivity index (χ4v) is 2.38. The molecule has 26 heavy (non-hydrogen) atoms. The normalized spacial score (nSPS) is 11.0. The van der Waals surface area contributed by atoms with Crippen LogP contribution in [-0.4, -0.2) is 11.1 Å². The molecule has 0 bridgehead atoms. The average molecular weight is 352 g/mol. The van der Waals surface area contributed by atoms with Crippen molar-refractivity contribution in [2.75, 3.05) is 0 Å². The highest BCUT2D eigenvalue weighted by Gasteiger charge is 2.06. The quantitative estimate of drug-likeness (QED) is 0.653. The summed E-state index contributed by atoms with van der Waals surface area (Å²) in [4.78, 5) is 10.8. The van der Waals surface area contributed by atoms with Crippen LogP contribution < -0.4 is 4.74 Å². The summed E-state index contributed by atoms with van der Waals surface area (Å²) in [5.74, 6) is -0.219. The minimum atomic E-state index is -1.09. The maximum atomic E-state index is 12.9. The van der Waals surface area contributed by atoms with E-state index in [0.29, 0.717) is 18.8 Å². The van der Waals surface area contributed by atoms with E-state index in [1.54, 1.807) is 24.3 Å². The second kappa shape index (κ2) is 8.16. The van der Waals surface area contributed by atoms with E-state index in [2.05, 4.69) is 0 Å². The highest BCUT2D eigenvalue weighted by molar-refractivity contribution is 5.84. The molecule has 0 amide bonds. The first-order chi connectivity index (χ1) is 12.6. The van der Waals surface area contributed by atoms with Crippen LogP contribution in [0.1, 0.15) is 27.4 Å². The van der Waals surface area contributed by atoms with E-state index < -0.39 is 5.97 Å². The second-order valence-electron chi connectivity index (χ2n) is 5.68. The standard InChI is InChI=1S/C21H17FO4/c22-17-9-7-16(8-10-17)14-25-19-6-2-4-15(13-19)3-1-5-18-11-12-20(26-18)21(23)24/h1-2,4-13H,3,14H2,(H,23,24)/b5-1+. The van der Waals surface area contributed by atoms with Crippen molar-refractivity contribution in [3.8, 4) is 5.75 Å². The molecule has 1 N–H and O–H groups in total. The summed E-state index contributed by atoms with van der Waals surface area (Å²) in [6.07, 6.45) is 4.28. The summed E-state index contributed by atoms with van der Waals surface area (Å²) < 4.78 is 23.8. The van der Waals surface area contributed by atoms with E-state index >= 15 is 0 Å². The number of carbonyl (C=O) groups is 1. The lowest BCUT2D eigenvalue weighted by Crippen LogP contribution is -1.96. The minimum Gasteiger partial charge on any atom is -0.489 e. The van der Waals surface area contributed by atoms with Gasteiger partial charge in [-0.3, -0.25) is 0 Å². The van der Waals surface area contributed by atoms with Crippen LogP contribution in [0.4, 0.5) is 4.39 Å². The smallest absolute Gasteiger partial charge is 0.371 e. The highest BCUT2D eigenvalue weighted by Crippen LogP contribution is 2.17. The Labute approximate surface area is 150 Å². The summed E-state index contributed by atoms with van der Waals surface area (Å²) in [6.45, 7) is 0.365. The number of allylic oxidation sites excluding steroid dienone is 1. The summed E-state index contributed by atoms with van der Waals surface area (Å²) >= 11 is 0. The molecule has 0 unspecified atom stereocenters. The van der Waals surface area contributed by atoms with E-state index in [-0.39, 0.29) is 11.6 Å². The second-order valence-corrected chi connectivity index (χ2v) is 5.68. The number of hydrogen-bond donors (Lipinski definition) is 1. The van der Waals surface area contributed by atoms with Crippen LogP contribution in [0.5, 0.6) is 5.75 Å². The van der Waals surface area contributed by atoms with Gasteiger partial charge in [0.05, 0.1) is 0 Å². The highest BCUT2D eigenvalue weighted by atomic mass is 19.1. The summed E-state index contributed by atoms with van der Waals surface area (Å²) in [6, 6.07) is 16.9. The number of carboxylic acid groups (broad SMARTS) is 1. The van der Waals surface area contributed by atoms with E-state index in [0.717, 1.165) is 16.9 Å². The van der Waals surface area contributed by atoms with Gasteiger partial charge in [-0.15, -0.1) is 0 Å². The molecule has 0 saturated carbocycles. The molecule has 0 atom stereocenters. The fourth-order valence-electron chi connectivity index (χ4n) is 2.38. The lowest BCUT2D eigenvalue weighted by atomic mass is 10.1. The third-order valence-corrected chi connectivity index (χ3v) is 3.69. The number of aromatic carboxylic acids is 1. The maximum Gasteiger partial charge on any atom is 0.371 e. The van der Waals surface area contributed by atoms with Crippen molar-refractivity contribution >= 4 is 12.0 Å². The zero-order chi connectivity index (χ0) is 18.4. The Morgan fingerprint density at radius 1 is 1.08 bits per heavy atom. The number of benzene rings is 2. The number of ether oxygens (including phenoxy) is 1. The van der Waals surface area contributed by atoms with Gasteiger partial charge in [0.15, 0.2) is 0 Å². The van der Waals surface area contributed by atoms with Gasteiger partial charge in [-0.05, 0) is 60.0 Å². The van der Waals surface area contributed by atoms with E-state index in [1.165, 1.54) is 18.2 Å². The molecule has 132 valence electrons. The zero-order valence-corrected chi connectivity index (χ0v) is 13.9. The summed E-state index contributed by atoms with van der Waals surface area (Å²) in [5.41, 5.74) is 1.94. The third-order valence-electron chi connectivity index (χ3n) is 3.69. The van der Waals surface area contributed by atoms with Gasteiger partial charge < -0.3 is 14.3 Å². The predicted molar refractivity (Wildman–Crippen MR) is 95.6 cm³/mol. The first-order valence-electron chi connectivity index (χ1n) is 8.06. The SMILES string of the molecule is O=C(O)c1ccc(/C=C/Cc2cccc(OCc3ccc(F)cc3)c2)o1. The molecule has 2 aromatic carbocycles. The van der Waals surface area contributed by atoms with E-state index in [1.807, 2.05) is 30.3 Å². The largest absolute Gasteiger partial charge is 0.489 e. The number of hydrogen-bond acceptors (Lipinski definition) is 3. The molecule has 0 fully saturated rings. The molecule has 0 aliphatic heterocycles. The molecule has 4 nitrogen and oxygen atoms in total. The molecule has 3 aromatic rings. The molecule has 5 heteroatoms. The van der Waals surface area contributed by atoms with Gasteiger partial charge >= 0.3 is 5.97 Å². The Bertz CT molecular complexity index is 910. The van der Waals surface area contributed by atoms with Gasteiger partial charge in [-0.2, -0.15) is 0 Å². The molecular formula is C21H17FO4. The number of halogens is 1. The van der Waals surface area contributed by atoms with Crippen LogP contribution in [-0.2, 0) is 13.0 Å². The number of carboxylic acids is 1. The average Bonchev–Trinajstić information content (AvgIpc) is 3.11. The van der Waals surface area contributed by atoms with Crippen molar-refractivity contribution < 1.29 is 23.4 Å². The molecule has 3 rings (SSSR count). The molecule has 0 radical (unpaired) electrons. The van der Waals surface area contributed by atoms with Crippen molar-refractivity contribution in [2.24, 2.45) is 0 Å². The Morgan fingerprint density at radius 2 is 1.88 bits per heavy atom. The summed E-state index contributed by atoms with van der Waals surface area (Å²) in [7, 11) is 0. The lowest BCUT2D eigenvalue weighted by Gasteiger charge is -2.07. The molecule has 0 aliphatic rings. The molecule has 1 aromatic heterocycles. The molecule has 0 spiro atoms. The van der Waals surface area contributed by atoms with E-state index in [4.69, 9.17) is 14.3 Å². The van der Waals surface area contributed by atoms with Crippen molar-refractivity contribution in [3.05, 3.63) is 95.2 Å². The molecule has 0 aliphatic carbocycles. The van der Waals surface area contributed by atoms with Gasteiger partial charge in [0.25, 0.3) is 0 Å². The Kier molecular flexibility index (Phi) is 5.49. The molecule has 0 saturated heterocycles. The minimum absolute atomic E-state index is 0.0826. The maximum absolute atomic E-state index is 12.9.